The van der Waals surface area contributed by atoms with E-state index in [0.29, 0.717) is 23.1 Å². The van der Waals surface area contributed by atoms with Gasteiger partial charge in [0.15, 0.2) is 0 Å². The van der Waals surface area contributed by atoms with Crippen molar-refractivity contribution in [3.63, 3.8) is 0 Å². The monoisotopic (exact) mass is 451 g/mol. The molecule has 2 aromatic rings. The van der Waals surface area contributed by atoms with E-state index in [9.17, 15) is 4.79 Å². The molecule has 1 aromatic carbocycles. The molecule has 2 aliphatic rings. The number of carbonyl (C=O) groups is 1. The first-order valence-electron chi connectivity index (χ1n) is 10.2. The quantitative estimate of drug-likeness (QED) is 0.637. The van der Waals surface area contributed by atoms with Crippen LogP contribution in [-0.4, -0.2) is 46.6 Å². The number of methoxy groups -OCH3 is 1. The summed E-state index contributed by atoms with van der Waals surface area (Å²) in [6, 6.07) is 3.78. The highest BCUT2D eigenvalue weighted by Gasteiger charge is 2.36. The van der Waals surface area contributed by atoms with Crippen LogP contribution in [0.1, 0.15) is 56.0 Å². The van der Waals surface area contributed by atoms with E-state index < -0.39 is 5.60 Å². The summed E-state index contributed by atoms with van der Waals surface area (Å²) >= 11 is 12.8. The number of halogens is 2. The highest BCUT2D eigenvalue weighted by atomic mass is 35.5. The van der Waals surface area contributed by atoms with Crippen molar-refractivity contribution in [1.82, 2.24) is 14.7 Å². The SMILES string of the molecule is COc1ccc(Cl)c(Cl)c1[C@H]1Cc2cnn([C@@H]3CCN(C(=O)OC(C)(C)C)C3)c2C1. The average molecular weight is 452 g/mol. The number of hydrogen-bond donors (Lipinski definition) is 0. The Morgan fingerprint density at radius 2 is 2.00 bits per heavy atom. The van der Waals surface area contributed by atoms with Gasteiger partial charge in [-0.1, -0.05) is 23.2 Å². The number of amides is 1. The third-order valence-corrected chi connectivity index (χ3v) is 6.59. The van der Waals surface area contributed by atoms with Crippen molar-refractivity contribution >= 4 is 29.3 Å². The van der Waals surface area contributed by atoms with Gasteiger partial charge in [-0.3, -0.25) is 4.68 Å². The Morgan fingerprint density at radius 3 is 2.70 bits per heavy atom. The molecule has 0 unspecified atom stereocenters. The molecule has 1 aliphatic heterocycles. The zero-order chi connectivity index (χ0) is 21.6. The van der Waals surface area contributed by atoms with Gasteiger partial charge in [0.25, 0.3) is 0 Å². The standard InChI is InChI=1S/C22H27Cl2N3O3/c1-22(2,3)30-21(28)26-8-7-15(12-26)27-17-10-13(9-14(17)11-25-27)19-18(29-4)6-5-16(23)20(19)24/h5-6,11,13,15H,7-10,12H2,1-4H3/t13-,15+/m0/s1. The van der Waals surface area contributed by atoms with Gasteiger partial charge < -0.3 is 14.4 Å². The predicted molar refractivity (Wildman–Crippen MR) is 117 cm³/mol. The van der Waals surface area contributed by atoms with E-state index >= 15 is 0 Å². The minimum Gasteiger partial charge on any atom is -0.496 e. The van der Waals surface area contributed by atoms with Gasteiger partial charge in [0, 0.05) is 24.3 Å². The van der Waals surface area contributed by atoms with Gasteiger partial charge in [-0.2, -0.15) is 5.10 Å². The molecule has 30 heavy (non-hydrogen) atoms. The van der Waals surface area contributed by atoms with Gasteiger partial charge in [0.2, 0.25) is 0 Å². The zero-order valence-corrected chi connectivity index (χ0v) is 19.3. The Morgan fingerprint density at radius 1 is 1.23 bits per heavy atom. The maximum absolute atomic E-state index is 12.4. The highest BCUT2D eigenvalue weighted by molar-refractivity contribution is 6.42. The lowest BCUT2D eigenvalue weighted by molar-refractivity contribution is 0.0288. The molecule has 162 valence electrons. The van der Waals surface area contributed by atoms with Crippen molar-refractivity contribution in [3.8, 4) is 5.75 Å². The minimum atomic E-state index is -0.495. The molecule has 0 spiro atoms. The lowest BCUT2D eigenvalue weighted by Gasteiger charge is -2.24. The van der Waals surface area contributed by atoms with Crippen molar-refractivity contribution in [3.05, 3.63) is 45.2 Å². The smallest absolute Gasteiger partial charge is 0.410 e. The molecular weight excluding hydrogens is 425 g/mol. The summed E-state index contributed by atoms with van der Waals surface area (Å²) in [6.07, 6.45) is 4.20. The van der Waals surface area contributed by atoms with Crippen LogP contribution in [0.25, 0.3) is 0 Å². The summed E-state index contributed by atoms with van der Waals surface area (Å²) in [5.41, 5.74) is 2.88. The third-order valence-electron chi connectivity index (χ3n) is 5.77. The van der Waals surface area contributed by atoms with Gasteiger partial charge in [0.05, 0.1) is 29.4 Å². The lowest BCUT2D eigenvalue weighted by atomic mass is 9.95. The first-order valence-corrected chi connectivity index (χ1v) is 11.0. The highest BCUT2D eigenvalue weighted by Crippen LogP contribution is 2.44. The van der Waals surface area contributed by atoms with E-state index in [1.807, 2.05) is 33.0 Å². The van der Waals surface area contributed by atoms with Gasteiger partial charge in [-0.25, -0.2) is 4.79 Å². The van der Waals surface area contributed by atoms with Crippen molar-refractivity contribution < 1.29 is 14.3 Å². The van der Waals surface area contributed by atoms with Crippen LogP contribution >= 0.6 is 23.2 Å². The number of ether oxygens (including phenoxy) is 2. The lowest BCUT2D eigenvalue weighted by Crippen LogP contribution is -2.35. The molecule has 1 saturated heterocycles. The van der Waals surface area contributed by atoms with Crippen LogP contribution in [0, 0.1) is 0 Å². The normalized spacial score (nSPS) is 21.1. The summed E-state index contributed by atoms with van der Waals surface area (Å²) in [4.78, 5) is 14.2. The molecule has 1 fully saturated rings. The number of benzene rings is 1. The maximum Gasteiger partial charge on any atom is 0.410 e. The Bertz CT molecular complexity index is 967. The fraction of sp³-hybridized carbons (Fsp3) is 0.545. The van der Waals surface area contributed by atoms with E-state index in [2.05, 4.69) is 9.78 Å². The number of rotatable bonds is 3. The van der Waals surface area contributed by atoms with Gasteiger partial charge in [-0.15, -0.1) is 0 Å². The minimum absolute atomic E-state index is 0.150. The van der Waals surface area contributed by atoms with Crippen LogP contribution in [-0.2, 0) is 17.6 Å². The average Bonchev–Trinajstić information content (AvgIpc) is 3.37. The molecule has 2 heterocycles. The second-order valence-corrected chi connectivity index (χ2v) is 9.80. The van der Waals surface area contributed by atoms with Crippen molar-refractivity contribution in [2.75, 3.05) is 20.2 Å². The zero-order valence-electron chi connectivity index (χ0n) is 17.7. The number of aromatic nitrogens is 2. The van der Waals surface area contributed by atoms with Crippen LogP contribution in [0.3, 0.4) is 0 Å². The largest absolute Gasteiger partial charge is 0.496 e. The summed E-state index contributed by atoms with van der Waals surface area (Å²) in [7, 11) is 1.65. The molecular formula is C22H27Cl2N3O3. The molecule has 8 heteroatoms. The molecule has 0 N–H and O–H groups in total. The van der Waals surface area contributed by atoms with E-state index in [-0.39, 0.29) is 18.1 Å². The predicted octanol–water partition coefficient (Wildman–Crippen LogP) is 5.26. The Labute approximate surface area is 187 Å². The third kappa shape index (κ3) is 4.00. The molecule has 1 amide bonds. The number of nitrogens with zero attached hydrogens (tertiary/aromatic N) is 3. The number of likely N-dealkylation sites (tertiary alicyclic amines) is 1. The topological polar surface area (TPSA) is 56.6 Å². The Hall–Kier alpha value is -1.92. The summed E-state index contributed by atoms with van der Waals surface area (Å²) in [5.74, 6) is 0.949. The van der Waals surface area contributed by atoms with Crippen LogP contribution in [0.4, 0.5) is 4.79 Å². The molecule has 2 atom stereocenters. The van der Waals surface area contributed by atoms with Crippen molar-refractivity contribution in [1.29, 1.82) is 0 Å². The van der Waals surface area contributed by atoms with E-state index in [1.54, 1.807) is 18.1 Å². The van der Waals surface area contributed by atoms with Crippen molar-refractivity contribution in [2.45, 2.75) is 57.6 Å². The molecule has 0 radical (unpaired) electrons. The Balaban J connectivity index is 1.52. The second kappa shape index (κ2) is 7.97. The van der Waals surface area contributed by atoms with Crippen LogP contribution < -0.4 is 4.74 Å². The van der Waals surface area contributed by atoms with Crippen LogP contribution in [0.5, 0.6) is 5.75 Å². The van der Waals surface area contributed by atoms with Crippen LogP contribution in [0.15, 0.2) is 18.3 Å². The first-order chi connectivity index (χ1) is 14.2. The summed E-state index contributed by atoms with van der Waals surface area (Å²) < 4.78 is 13.2. The number of fused-ring (bicyclic) bond motifs is 1. The fourth-order valence-electron chi connectivity index (χ4n) is 4.45. The molecule has 4 rings (SSSR count). The van der Waals surface area contributed by atoms with E-state index in [0.717, 1.165) is 30.6 Å². The Kier molecular flexibility index (Phi) is 5.66. The molecule has 1 aliphatic carbocycles. The first kappa shape index (κ1) is 21.3. The van der Waals surface area contributed by atoms with E-state index in [1.165, 1.54) is 11.3 Å². The number of hydrogen-bond acceptors (Lipinski definition) is 4. The molecule has 0 bridgehead atoms. The maximum atomic E-state index is 12.4. The fourth-order valence-corrected chi connectivity index (χ4v) is 4.92. The van der Waals surface area contributed by atoms with Gasteiger partial charge in [0.1, 0.15) is 11.4 Å². The van der Waals surface area contributed by atoms with Crippen molar-refractivity contribution in [2.24, 2.45) is 0 Å². The molecule has 1 aromatic heterocycles. The molecule has 6 nitrogen and oxygen atoms in total. The number of carbonyl (C=O) groups excluding carboxylic acids is 1. The van der Waals surface area contributed by atoms with E-state index in [4.69, 9.17) is 32.7 Å². The van der Waals surface area contributed by atoms with Crippen LogP contribution in [0.2, 0.25) is 10.0 Å². The summed E-state index contributed by atoms with van der Waals surface area (Å²) in [6.45, 7) is 6.93. The second-order valence-electron chi connectivity index (χ2n) is 9.01. The van der Waals surface area contributed by atoms with Gasteiger partial charge in [-0.05, 0) is 63.6 Å². The molecule has 0 saturated carbocycles. The summed E-state index contributed by atoms with van der Waals surface area (Å²) in [5, 5.41) is 5.74. The van der Waals surface area contributed by atoms with Gasteiger partial charge >= 0.3 is 6.09 Å².